The number of carbonyl (C=O) groups excluding carboxylic acids is 1. The molecular weight excluding hydrogens is 437 g/mol. The Hall–Kier alpha value is -2.69. The lowest BCUT2D eigenvalue weighted by Crippen LogP contribution is -2.48. The Morgan fingerprint density at radius 1 is 1.30 bits per heavy atom. The SMILES string of the molecule is O=C1OC[C@@]2(CCCc3c2ccnc3Cl)N1c1ncc(C(F)(F)F)cc1OC(F)F. The lowest BCUT2D eigenvalue weighted by atomic mass is 9.77. The lowest BCUT2D eigenvalue weighted by Gasteiger charge is -2.40. The molecule has 12 heteroatoms. The molecule has 2 aromatic rings. The van der Waals surface area contributed by atoms with E-state index in [-0.39, 0.29) is 11.8 Å². The van der Waals surface area contributed by atoms with Crippen LogP contribution in [0.5, 0.6) is 5.75 Å². The minimum absolute atomic E-state index is 0.157. The van der Waals surface area contributed by atoms with Gasteiger partial charge in [0.25, 0.3) is 0 Å². The number of hydrogen-bond donors (Lipinski definition) is 0. The van der Waals surface area contributed by atoms with E-state index in [1.807, 2.05) is 0 Å². The number of alkyl halides is 5. The summed E-state index contributed by atoms with van der Waals surface area (Å²) < 4.78 is 74.6. The van der Waals surface area contributed by atoms with Crippen molar-refractivity contribution in [2.75, 3.05) is 11.5 Å². The molecule has 0 bridgehead atoms. The van der Waals surface area contributed by atoms with Crippen molar-refractivity contribution in [3.05, 3.63) is 46.4 Å². The van der Waals surface area contributed by atoms with Gasteiger partial charge in [-0.2, -0.15) is 22.0 Å². The van der Waals surface area contributed by atoms with Crippen molar-refractivity contribution < 1.29 is 36.2 Å². The maximum Gasteiger partial charge on any atom is 0.418 e. The predicted molar refractivity (Wildman–Crippen MR) is 93.6 cm³/mol. The first kappa shape index (κ1) is 20.6. The van der Waals surface area contributed by atoms with E-state index in [1.165, 1.54) is 6.20 Å². The number of halogens is 6. The second-order valence-corrected chi connectivity index (χ2v) is 7.18. The van der Waals surface area contributed by atoms with Gasteiger partial charge in [0.2, 0.25) is 0 Å². The molecule has 0 aromatic carbocycles. The maximum absolute atomic E-state index is 13.1. The van der Waals surface area contributed by atoms with Crippen LogP contribution >= 0.6 is 11.6 Å². The van der Waals surface area contributed by atoms with Gasteiger partial charge in [-0.25, -0.2) is 19.7 Å². The van der Waals surface area contributed by atoms with Crippen LogP contribution in [-0.2, 0) is 22.9 Å². The molecule has 2 aliphatic rings. The van der Waals surface area contributed by atoms with Crippen molar-refractivity contribution in [1.82, 2.24) is 9.97 Å². The first-order chi connectivity index (χ1) is 14.1. The van der Waals surface area contributed by atoms with Gasteiger partial charge in [0.05, 0.1) is 5.56 Å². The second-order valence-electron chi connectivity index (χ2n) is 6.83. The molecule has 0 N–H and O–H groups in total. The molecule has 1 spiro atoms. The fraction of sp³-hybridized carbons (Fsp3) is 0.389. The van der Waals surface area contributed by atoms with Crippen LogP contribution in [0.2, 0.25) is 5.15 Å². The van der Waals surface area contributed by atoms with Crippen molar-refractivity contribution >= 4 is 23.5 Å². The lowest BCUT2D eigenvalue weighted by molar-refractivity contribution is -0.138. The Bertz CT molecular complexity index is 1000. The number of pyridine rings is 2. The van der Waals surface area contributed by atoms with E-state index in [4.69, 9.17) is 16.3 Å². The summed E-state index contributed by atoms with van der Waals surface area (Å²) in [6.45, 7) is -3.59. The summed E-state index contributed by atoms with van der Waals surface area (Å²) >= 11 is 6.19. The number of hydrogen-bond acceptors (Lipinski definition) is 5. The van der Waals surface area contributed by atoms with Gasteiger partial charge in [-0.3, -0.25) is 0 Å². The van der Waals surface area contributed by atoms with Crippen molar-refractivity contribution in [3.63, 3.8) is 0 Å². The highest BCUT2D eigenvalue weighted by atomic mass is 35.5. The first-order valence-corrected chi connectivity index (χ1v) is 9.14. The minimum Gasteiger partial charge on any atom is -0.446 e. The zero-order valence-corrected chi connectivity index (χ0v) is 15.8. The zero-order valence-electron chi connectivity index (χ0n) is 15.0. The topological polar surface area (TPSA) is 64.5 Å². The van der Waals surface area contributed by atoms with Gasteiger partial charge in [-0.1, -0.05) is 11.6 Å². The number of ether oxygens (including phenoxy) is 2. The summed E-state index contributed by atoms with van der Waals surface area (Å²) in [5.41, 5.74) is -1.26. The number of amides is 1. The summed E-state index contributed by atoms with van der Waals surface area (Å²) in [6.07, 6.45) is -2.44. The number of rotatable bonds is 3. The normalized spacial score (nSPS) is 21.2. The van der Waals surface area contributed by atoms with Gasteiger partial charge >= 0.3 is 18.9 Å². The first-order valence-electron chi connectivity index (χ1n) is 8.76. The van der Waals surface area contributed by atoms with Gasteiger partial charge in [-0.05, 0) is 42.5 Å². The van der Waals surface area contributed by atoms with Crippen molar-refractivity contribution in [2.24, 2.45) is 0 Å². The number of aromatic nitrogens is 2. The molecule has 1 aliphatic carbocycles. The van der Waals surface area contributed by atoms with E-state index in [1.54, 1.807) is 6.07 Å². The van der Waals surface area contributed by atoms with E-state index in [0.29, 0.717) is 42.7 Å². The third kappa shape index (κ3) is 3.30. The Kier molecular flexibility index (Phi) is 4.95. The molecule has 2 aromatic heterocycles. The standard InChI is InChI=1S/C18H13ClF5N3O3/c19-13-10-2-1-4-17(11(10)3-5-25-13)8-29-16(28)27(17)14-12(30-15(20)21)6-9(7-26-14)18(22,23)24/h3,5-7,15H,1-2,4,8H2/t17-/m1/s1. The highest BCUT2D eigenvalue weighted by molar-refractivity contribution is 6.30. The van der Waals surface area contributed by atoms with Crippen LogP contribution in [-0.4, -0.2) is 29.3 Å². The van der Waals surface area contributed by atoms with Crippen LogP contribution in [0.25, 0.3) is 0 Å². The Balaban J connectivity index is 1.89. The monoisotopic (exact) mass is 449 g/mol. The zero-order chi connectivity index (χ0) is 21.7. The third-order valence-electron chi connectivity index (χ3n) is 5.15. The number of anilines is 1. The fourth-order valence-corrected chi connectivity index (χ4v) is 4.18. The van der Waals surface area contributed by atoms with Crippen molar-refractivity contribution in [2.45, 2.75) is 37.6 Å². The Labute approximate surface area is 171 Å². The Morgan fingerprint density at radius 2 is 2.07 bits per heavy atom. The molecule has 1 fully saturated rings. The number of cyclic esters (lactones) is 1. The quantitative estimate of drug-likeness (QED) is 0.490. The van der Waals surface area contributed by atoms with E-state index in [9.17, 15) is 26.7 Å². The molecule has 160 valence electrons. The average molecular weight is 450 g/mol. The molecular formula is C18H13ClF5N3O3. The Morgan fingerprint density at radius 3 is 2.77 bits per heavy atom. The van der Waals surface area contributed by atoms with Crippen LogP contribution in [0.15, 0.2) is 24.5 Å². The molecule has 1 saturated heterocycles. The number of fused-ring (bicyclic) bond motifs is 2. The highest BCUT2D eigenvalue weighted by Crippen LogP contribution is 2.49. The van der Waals surface area contributed by atoms with Crippen LogP contribution in [0.1, 0.15) is 29.5 Å². The molecule has 3 heterocycles. The molecule has 30 heavy (non-hydrogen) atoms. The molecule has 1 aliphatic heterocycles. The number of nitrogens with zero attached hydrogens (tertiary/aromatic N) is 3. The van der Waals surface area contributed by atoms with Gasteiger partial charge in [0.1, 0.15) is 17.3 Å². The fourth-order valence-electron chi connectivity index (χ4n) is 3.93. The summed E-state index contributed by atoms with van der Waals surface area (Å²) in [5, 5.41) is 0.218. The second kappa shape index (κ2) is 7.22. The maximum atomic E-state index is 13.1. The van der Waals surface area contributed by atoms with Crippen molar-refractivity contribution in [1.29, 1.82) is 0 Å². The molecule has 0 unspecified atom stereocenters. The highest BCUT2D eigenvalue weighted by Gasteiger charge is 2.53. The van der Waals surface area contributed by atoms with Crippen LogP contribution in [0.3, 0.4) is 0 Å². The summed E-state index contributed by atoms with van der Waals surface area (Å²) in [5.74, 6) is -1.38. The number of carbonyl (C=O) groups is 1. The van der Waals surface area contributed by atoms with Crippen LogP contribution < -0.4 is 9.64 Å². The van der Waals surface area contributed by atoms with E-state index in [2.05, 4.69) is 14.7 Å². The summed E-state index contributed by atoms with van der Waals surface area (Å²) in [4.78, 5) is 21.3. The van der Waals surface area contributed by atoms with Crippen molar-refractivity contribution in [3.8, 4) is 5.75 Å². The molecule has 1 atom stereocenters. The van der Waals surface area contributed by atoms with Gasteiger partial charge in [-0.15, -0.1) is 0 Å². The molecule has 0 saturated carbocycles. The predicted octanol–water partition coefficient (Wildman–Crippen LogP) is 4.94. The summed E-state index contributed by atoms with van der Waals surface area (Å²) in [7, 11) is 0. The molecule has 4 rings (SSSR count). The average Bonchev–Trinajstić information content (AvgIpc) is 2.98. The minimum atomic E-state index is -4.84. The largest absolute Gasteiger partial charge is 0.446 e. The third-order valence-corrected chi connectivity index (χ3v) is 5.48. The van der Waals surface area contributed by atoms with Crippen LogP contribution in [0.4, 0.5) is 32.6 Å². The van der Waals surface area contributed by atoms with Gasteiger partial charge < -0.3 is 9.47 Å². The molecule has 6 nitrogen and oxygen atoms in total. The van der Waals surface area contributed by atoms with E-state index >= 15 is 0 Å². The molecule has 0 radical (unpaired) electrons. The van der Waals surface area contributed by atoms with Crippen LogP contribution in [0, 0.1) is 0 Å². The van der Waals surface area contributed by atoms with E-state index < -0.39 is 41.6 Å². The van der Waals surface area contributed by atoms with Gasteiger partial charge in [0.15, 0.2) is 11.6 Å². The van der Waals surface area contributed by atoms with Gasteiger partial charge in [0, 0.05) is 12.4 Å². The smallest absolute Gasteiger partial charge is 0.418 e. The molecule has 1 amide bonds. The summed E-state index contributed by atoms with van der Waals surface area (Å²) in [6, 6.07) is 2.00. The van der Waals surface area contributed by atoms with E-state index in [0.717, 1.165) is 4.90 Å².